The molecule has 2 amide bonds. The zero-order chi connectivity index (χ0) is 11.1. The van der Waals surface area contributed by atoms with E-state index in [4.69, 9.17) is 4.84 Å². The van der Waals surface area contributed by atoms with Gasteiger partial charge in [-0.1, -0.05) is 15.9 Å². The number of hydrogen-bond donors (Lipinski definition) is 1. The summed E-state index contributed by atoms with van der Waals surface area (Å²) in [5.74, 6) is 0. The number of amides is 2. The van der Waals surface area contributed by atoms with Gasteiger partial charge < -0.3 is 0 Å². The van der Waals surface area contributed by atoms with E-state index in [1.807, 2.05) is 38.1 Å². The van der Waals surface area contributed by atoms with Crippen LogP contribution in [-0.2, 0) is 4.84 Å². The van der Waals surface area contributed by atoms with Crippen molar-refractivity contribution in [3.05, 3.63) is 28.7 Å². The van der Waals surface area contributed by atoms with Crippen LogP contribution in [0.4, 0.5) is 10.5 Å². The van der Waals surface area contributed by atoms with E-state index in [-0.39, 0.29) is 6.03 Å². The Balaban J connectivity index is 2.37. The van der Waals surface area contributed by atoms with Crippen molar-refractivity contribution in [1.29, 1.82) is 0 Å². The summed E-state index contributed by atoms with van der Waals surface area (Å²) in [6.07, 6.45) is 0. The summed E-state index contributed by atoms with van der Waals surface area (Å²) >= 11 is 3.35. The second kappa shape index (κ2) is 3.50. The Morgan fingerprint density at radius 2 is 1.93 bits per heavy atom. The van der Waals surface area contributed by atoms with Crippen LogP contribution in [0.2, 0.25) is 0 Å². The molecule has 4 nitrogen and oxygen atoms in total. The molecule has 0 atom stereocenters. The lowest BCUT2D eigenvalue weighted by molar-refractivity contribution is -0.0211. The van der Waals surface area contributed by atoms with E-state index in [2.05, 4.69) is 21.4 Å². The van der Waals surface area contributed by atoms with Gasteiger partial charge in [0, 0.05) is 10.2 Å². The molecule has 0 bridgehead atoms. The van der Waals surface area contributed by atoms with Crippen molar-refractivity contribution in [3.63, 3.8) is 0 Å². The summed E-state index contributed by atoms with van der Waals surface area (Å²) in [5.41, 5.74) is 2.49. The van der Waals surface area contributed by atoms with Gasteiger partial charge in [-0.2, -0.15) is 0 Å². The van der Waals surface area contributed by atoms with E-state index in [1.54, 1.807) is 4.90 Å². The summed E-state index contributed by atoms with van der Waals surface area (Å²) in [5, 5.41) is 0. The van der Waals surface area contributed by atoms with Crippen LogP contribution in [0.1, 0.15) is 13.8 Å². The Labute approximate surface area is 96.3 Å². The number of carbonyl (C=O) groups is 1. The first-order valence-electron chi connectivity index (χ1n) is 4.54. The minimum absolute atomic E-state index is 0.248. The lowest BCUT2D eigenvalue weighted by Crippen LogP contribution is -2.41. The number of urea groups is 1. The lowest BCUT2D eigenvalue weighted by Gasteiger charge is -2.27. The fourth-order valence-electron chi connectivity index (χ4n) is 1.52. The third-order valence-electron chi connectivity index (χ3n) is 2.21. The summed E-state index contributed by atoms with van der Waals surface area (Å²) in [4.78, 5) is 18.3. The summed E-state index contributed by atoms with van der Waals surface area (Å²) < 4.78 is 0.976. The van der Waals surface area contributed by atoms with E-state index in [9.17, 15) is 4.79 Å². The topological polar surface area (TPSA) is 41.6 Å². The Hall–Kier alpha value is -1.07. The maximum absolute atomic E-state index is 11.6. The molecule has 1 aliphatic rings. The third kappa shape index (κ3) is 1.85. The first kappa shape index (κ1) is 10.4. The molecule has 1 saturated heterocycles. The number of hydroxylamine groups is 1. The quantitative estimate of drug-likeness (QED) is 0.853. The highest BCUT2D eigenvalue weighted by molar-refractivity contribution is 9.10. The highest BCUT2D eigenvalue weighted by atomic mass is 79.9. The molecule has 2 rings (SSSR count). The molecule has 0 spiro atoms. The van der Waals surface area contributed by atoms with E-state index in [0.717, 1.165) is 10.2 Å². The second-order valence-electron chi connectivity index (χ2n) is 3.77. The minimum Gasteiger partial charge on any atom is -0.261 e. The Morgan fingerprint density at radius 1 is 1.33 bits per heavy atom. The second-order valence-corrected chi connectivity index (χ2v) is 4.68. The van der Waals surface area contributed by atoms with Crippen molar-refractivity contribution in [2.24, 2.45) is 0 Å². The Morgan fingerprint density at radius 3 is 2.40 bits per heavy atom. The molecule has 1 aromatic rings. The van der Waals surface area contributed by atoms with Gasteiger partial charge in [0.05, 0.1) is 0 Å². The van der Waals surface area contributed by atoms with Crippen molar-refractivity contribution < 1.29 is 9.63 Å². The first-order chi connectivity index (χ1) is 7.00. The van der Waals surface area contributed by atoms with Crippen LogP contribution in [0.5, 0.6) is 0 Å². The van der Waals surface area contributed by atoms with Crippen LogP contribution in [0.25, 0.3) is 0 Å². The van der Waals surface area contributed by atoms with Crippen LogP contribution in [0, 0.1) is 0 Å². The Bertz CT molecular complexity index is 389. The zero-order valence-corrected chi connectivity index (χ0v) is 10.0. The highest BCUT2D eigenvalue weighted by Crippen LogP contribution is 2.29. The summed E-state index contributed by atoms with van der Waals surface area (Å²) in [7, 11) is 0. The number of benzene rings is 1. The average Bonchev–Trinajstić information content (AvgIpc) is 2.43. The molecule has 0 saturated carbocycles. The normalized spacial score (nSPS) is 19.1. The van der Waals surface area contributed by atoms with Gasteiger partial charge in [0.2, 0.25) is 0 Å². The van der Waals surface area contributed by atoms with Gasteiger partial charge in [-0.3, -0.25) is 4.90 Å². The number of rotatable bonds is 1. The van der Waals surface area contributed by atoms with Crippen molar-refractivity contribution >= 4 is 27.6 Å². The molecule has 0 unspecified atom stereocenters. The average molecular weight is 271 g/mol. The number of nitrogens with zero attached hydrogens (tertiary/aromatic N) is 1. The van der Waals surface area contributed by atoms with E-state index >= 15 is 0 Å². The summed E-state index contributed by atoms with van der Waals surface area (Å²) in [6, 6.07) is 7.25. The van der Waals surface area contributed by atoms with Gasteiger partial charge in [-0.15, -0.1) is 0 Å². The molecular formula is C10H11BrN2O2. The number of anilines is 1. The molecule has 1 heterocycles. The van der Waals surface area contributed by atoms with Crippen molar-refractivity contribution in [2.75, 3.05) is 4.90 Å². The molecule has 1 fully saturated rings. The first-order valence-corrected chi connectivity index (χ1v) is 5.34. The SMILES string of the molecule is CC1(C)ONC(=O)N1c1ccc(Br)cc1. The minimum atomic E-state index is -0.662. The van der Waals surface area contributed by atoms with Gasteiger partial charge in [0.1, 0.15) is 0 Å². The smallest absolute Gasteiger partial charge is 0.261 e. The molecular weight excluding hydrogens is 260 g/mol. The number of halogens is 1. The van der Waals surface area contributed by atoms with Crippen LogP contribution >= 0.6 is 15.9 Å². The van der Waals surface area contributed by atoms with Crippen LogP contribution in [0.15, 0.2) is 28.7 Å². The molecule has 15 heavy (non-hydrogen) atoms. The molecule has 0 aromatic heterocycles. The van der Waals surface area contributed by atoms with E-state index in [1.165, 1.54) is 0 Å². The van der Waals surface area contributed by atoms with Crippen LogP contribution in [-0.4, -0.2) is 11.8 Å². The van der Waals surface area contributed by atoms with Crippen molar-refractivity contribution in [1.82, 2.24) is 5.48 Å². The molecule has 1 aliphatic heterocycles. The van der Waals surface area contributed by atoms with Crippen LogP contribution in [0.3, 0.4) is 0 Å². The standard InChI is InChI=1S/C10H11BrN2O2/c1-10(2)13(9(14)12-15-10)8-5-3-7(11)4-6-8/h3-6H,1-2H3,(H,12,14). The number of nitrogens with one attached hydrogen (secondary N) is 1. The fraction of sp³-hybridized carbons (Fsp3) is 0.300. The van der Waals surface area contributed by atoms with Gasteiger partial charge >= 0.3 is 6.03 Å². The third-order valence-corrected chi connectivity index (χ3v) is 2.74. The Kier molecular flexibility index (Phi) is 2.44. The number of carbonyl (C=O) groups excluding carboxylic acids is 1. The largest absolute Gasteiger partial charge is 0.348 e. The fourth-order valence-corrected chi connectivity index (χ4v) is 1.79. The molecule has 0 radical (unpaired) electrons. The predicted molar refractivity (Wildman–Crippen MR) is 60.3 cm³/mol. The van der Waals surface area contributed by atoms with Gasteiger partial charge in [-0.05, 0) is 38.1 Å². The number of hydrogen-bond acceptors (Lipinski definition) is 2. The molecule has 1 aromatic carbocycles. The van der Waals surface area contributed by atoms with Gasteiger partial charge in [-0.25, -0.2) is 15.1 Å². The van der Waals surface area contributed by atoms with Crippen molar-refractivity contribution in [2.45, 2.75) is 19.6 Å². The highest BCUT2D eigenvalue weighted by Gasteiger charge is 2.40. The van der Waals surface area contributed by atoms with Crippen molar-refractivity contribution in [3.8, 4) is 0 Å². The molecule has 5 heteroatoms. The maximum Gasteiger partial charge on any atom is 0.348 e. The van der Waals surface area contributed by atoms with E-state index < -0.39 is 5.72 Å². The van der Waals surface area contributed by atoms with Gasteiger partial charge in [0.15, 0.2) is 5.72 Å². The molecule has 1 N–H and O–H groups in total. The van der Waals surface area contributed by atoms with E-state index in [0.29, 0.717) is 0 Å². The van der Waals surface area contributed by atoms with Crippen LogP contribution < -0.4 is 10.4 Å². The monoisotopic (exact) mass is 270 g/mol. The summed E-state index contributed by atoms with van der Waals surface area (Å²) in [6.45, 7) is 3.65. The molecule has 0 aliphatic carbocycles. The molecule has 80 valence electrons. The zero-order valence-electron chi connectivity index (χ0n) is 8.45. The van der Waals surface area contributed by atoms with Gasteiger partial charge in [0.25, 0.3) is 0 Å². The lowest BCUT2D eigenvalue weighted by atomic mass is 10.2. The maximum atomic E-state index is 11.6. The predicted octanol–water partition coefficient (Wildman–Crippen LogP) is 2.65.